The Morgan fingerprint density at radius 2 is 1.52 bits per heavy atom. The van der Waals surface area contributed by atoms with Gasteiger partial charge in [-0.05, 0) is 47.4 Å². The molecule has 2 N–H and O–H groups in total. The number of ether oxygens (including phenoxy) is 3. The zero-order valence-electron chi connectivity index (χ0n) is 19.2. The fourth-order valence-electron chi connectivity index (χ4n) is 3.12. The summed E-state index contributed by atoms with van der Waals surface area (Å²) in [4.78, 5) is 0.125. The third-order valence-electron chi connectivity index (χ3n) is 4.88. The Labute approximate surface area is 195 Å². The molecule has 0 saturated carbocycles. The maximum Gasteiger partial charge on any atom is 0.262 e. The third kappa shape index (κ3) is 5.97. The molecule has 0 amide bonds. The van der Waals surface area contributed by atoms with Gasteiger partial charge in [0.1, 0.15) is 6.61 Å². The van der Waals surface area contributed by atoms with Crippen LogP contribution in [-0.2, 0) is 15.4 Å². The van der Waals surface area contributed by atoms with E-state index in [-0.39, 0.29) is 40.7 Å². The van der Waals surface area contributed by atoms with Gasteiger partial charge in [-0.25, -0.2) is 8.42 Å². The van der Waals surface area contributed by atoms with Crippen molar-refractivity contribution in [2.45, 2.75) is 31.1 Å². The molecule has 3 aromatic carbocycles. The van der Waals surface area contributed by atoms with Crippen molar-refractivity contribution in [1.82, 2.24) is 0 Å². The van der Waals surface area contributed by atoms with Crippen molar-refractivity contribution in [2.75, 3.05) is 25.0 Å². The van der Waals surface area contributed by atoms with Gasteiger partial charge in [0.25, 0.3) is 10.0 Å². The SMILES string of the molecule is COc1ccccc1Oc1c(NS(=O)(=O)c2ccc(C(C)(C)C)cc2)cccc1OCCO. The average Bonchev–Trinajstić information content (AvgIpc) is 2.79. The number of sulfonamides is 1. The van der Waals surface area contributed by atoms with Gasteiger partial charge >= 0.3 is 0 Å². The van der Waals surface area contributed by atoms with Crippen LogP contribution < -0.4 is 18.9 Å². The Morgan fingerprint density at radius 3 is 2.12 bits per heavy atom. The van der Waals surface area contributed by atoms with Gasteiger partial charge in [-0.2, -0.15) is 0 Å². The highest BCUT2D eigenvalue weighted by Gasteiger charge is 2.22. The van der Waals surface area contributed by atoms with Crippen molar-refractivity contribution in [3.8, 4) is 23.0 Å². The van der Waals surface area contributed by atoms with E-state index in [1.165, 1.54) is 7.11 Å². The summed E-state index contributed by atoms with van der Waals surface area (Å²) in [5.74, 6) is 1.29. The van der Waals surface area contributed by atoms with Crippen LogP contribution in [0.2, 0.25) is 0 Å². The van der Waals surface area contributed by atoms with Crippen LogP contribution in [0.25, 0.3) is 0 Å². The van der Waals surface area contributed by atoms with Gasteiger partial charge in [0, 0.05) is 0 Å². The van der Waals surface area contributed by atoms with E-state index in [4.69, 9.17) is 14.2 Å². The predicted octanol–water partition coefficient (Wildman–Crippen LogP) is 4.96. The maximum absolute atomic E-state index is 13.1. The van der Waals surface area contributed by atoms with Gasteiger partial charge < -0.3 is 19.3 Å². The van der Waals surface area contributed by atoms with E-state index in [0.29, 0.717) is 11.5 Å². The van der Waals surface area contributed by atoms with Crippen molar-refractivity contribution in [3.05, 3.63) is 72.3 Å². The summed E-state index contributed by atoms with van der Waals surface area (Å²) in [6.07, 6.45) is 0. The lowest BCUT2D eigenvalue weighted by molar-refractivity contribution is 0.197. The second-order valence-electron chi connectivity index (χ2n) is 8.34. The highest BCUT2D eigenvalue weighted by Crippen LogP contribution is 2.42. The molecule has 3 rings (SSSR count). The van der Waals surface area contributed by atoms with Crippen LogP contribution in [0.3, 0.4) is 0 Å². The van der Waals surface area contributed by atoms with Crippen LogP contribution in [0.4, 0.5) is 5.69 Å². The van der Waals surface area contributed by atoms with Gasteiger partial charge in [0.2, 0.25) is 0 Å². The minimum atomic E-state index is -3.91. The van der Waals surface area contributed by atoms with E-state index in [9.17, 15) is 13.5 Å². The van der Waals surface area contributed by atoms with E-state index < -0.39 is 10.0 Å². The number of methoxy groups -OCH3 is 1. The highest BCUT2D eigenvalue weighted by atomic mass is 32.2. The zero-order valence-corrected chi connectivity index (χ0v) is 20.0. The van der Waals surface area contributed by atoms with Crippen LogP contribution in [-0.4, -0.2) is 33.8 Å². The molecule has 0 unspecified atom stereocenters. The molecule has 0 aliphatic heterocycles. The topological polar surface area (TPSA) is 94.1 Å². The van der Waals surface area contributed by atoms with Crippen molar-refractivity contribution in [3.63, 3.8) is 0 Å². The lowest BCUT2D eigenvalue weighted by Gasteiger charge is -2.20. The molecule has 8 heteroatoms. The standard InChI is InChI=1S/C25H29NO6S/c1-25(2,3)18-12-14-19(15-13-18)33(28,29)26-20-8-7-11-23(31-17-16-27)24(20)32-22-10-6-5-9-21(22)30-4/h5-15,26-27H,16-17H2,1-4H3. The van der Waals surface area contributed by atoms with Gasteiger partial charge in [0.05, 0.1) is 24.3 Å². The first-order valence-corrected chi connectivity index (χ1v) is 11.9. The Hall–Kier alpha value is -3.23. The van der Waals surface area contributed by atoms with Gasteiger partial charge in [-0.1, -0.05) is 51.1 Å². The maximum atomic E-state index is 13.1. The second kappa shape index (κ2) is 10.1. The first-order valence-electron chi connectivity index (χ1n) is 10.5. The Balaban J connectivity index is 1.99. The fourth-order valence-corrected chi connectivity index (χ4v) is 4.18. The minimum absolute atomic E-state index is 0.0206. The lowest BCUT2D eigenvalue weighted by Crippen LogP contribution is -2.15. The van der Waals surface area contributed by atoms with Crippen LogP contribution in [0.1, 0.15) is 26.3 Å². The molecule has 0 spiro atoms. The summed E-state index contributed by atoms with van der Waals surface area (Å²) in [7, 11) is -2.39. The molecule has 33 heavy (non-hydrogen) atoms. The Kier molecular flexibility index (Phi) is 7.50. The quantitative estimate of drug-likeness (QED) is 0.458. The Morgan fingerprint density at radius 1 is 0.879 bits per heavy atom. The molecular formula is C25H29NO6S. The van der Waals surface area contributed by atoms with Crippen molar-refractivity contribution >= 4 is 15.7 Å². The van der Waals surface area contributed by atoms with E-state index >= 15 is 0 Å². The average molecular weight is 472 g/mol. The summed E-state index contributed by atoms with van der Waals surface area (Å²) in [5.41, 5.74) is 1.13. The number of hydrogen-bond acceptors (Lipinski definition) is 6. The number of para-hydroxylation sites is 3. The number of rotatable bonds is 9. The number of benzene rings is 3. The van der Waals surface area contributed by atoms with E-state index in [1.54, 1.807) is 54.6 Å². The molecular weight excluding hydrogens is 442 g/mol. The third-order valence-corrected chi connectivity index (χ3v) is 6.27. The Bertz CT molecular complexity index is 1180. The first-order chi connectivity index (χ1) is 15.7. The molecule has 0 aliphatic rings. The minimum Gasteiger partial charge on any atom is -0.493 e. The summed E-state index contributed by atoms with van der Waals surface area (Å²) < 4.78 is 45.9. The van der Waals surface area contributed by atoms with Crippen molar-refractivity contribution in [2.24, 2.45) is 0 Å². The molecule has 0 aliphatic carbocycles. The molecule has 0 atom stereocenters. The van der Waals surface area contributed by atoms with Crippen LogP contribution >= 0.6 is 0 Å². The van der Waals surface area contributed by atoms with Crippen LogP contribution in [0.5, 0.6) is 23.0 Å². The van der Waals surface area contributed by atoms with Gasteiger partial charge in [-0.15, -0.1) is 0 Å². The molecule has 3 aromatic rings. The van der Waals surface area contributed by atoms with Gasteiger partial charge in [-0.3, -0.25) is 4.72 Å². The second-order valence-corrected chi connectivity index (χ2v) is 10.0. The smallest absolute Gasteiger partial charge is 0.262 e. The lowest BCUT2D eigenvalue weighted by atomic mass is 9.87. The molecule has 0 bridgehead atoms. The largest absolute Gasteiger partial charge is 0.493 e. The number of aliphatic hydroxyl groups excluding tert-OH is 1. The van der Waals surface area contributed by atoms with Crippen molar-refractivity contribution < 1.29 is 27.7 Å². The molecule has 0 aromatic heterocycles. The molecule has 0 radical (unpaired) electrons. The molecule has 0 fully saturated rings. The van der Waals surface area contributed by atoms with Crippen LogP contribution in [0.15, 0.2) is 71.6 Å². The molecule has 0 saturated heterocycles. The molecule has 176 valence electrons. The number of nitrogens with one attached hydrogen (secondary N) is 1. The van der Waals surface area contributed by atoms with Gasteiger partial charge in [0.15, 0.2) is 23.0 Å². The van der Waals surface area contributed by atoms with E-state index in [1.807, 2.05) is 12.1 Å². The summed E-state index contributed by atoms with van der Waals surface area (Å²) in [6, 6.07) is 18.6. The van der Waals surface area contributed by atoms with Crippen molar-refractivity contribution in [1.29, 1.82) is 0 Å². The van der Waals surface area contributed by atoms with E-state index in [0.717, 1.165) is 5.56 Å². The number of aliphatic hydroxyl groups is 1. The molecule has 0 heterocycles. The normalized spacial score (nSPS) is 11.7. The molecule has 7 nitrogen and oxygen atoms in total. The van der Waals surface area contributed by atoms with Crippen LogP contribution in [0, 0.1) is 0 Å². The van der Waals surface area contributed by atoms with E-state index in [2.05, 4.69) is 25.5 Å². The monoisotopic (exact) mass is 471 g/mol. The highest BCUT2D eigenvalue weighted by molar-refractivity contribution is 7.92. The summed E-state index contributed by atoms with van der Waals surface area (Å²) in [5, 5.41) is 9.18. The first kappa shape index (κ1) is 24.4. The number of hydrogen-bond donors (Lipinski definition) is 2. The number of anilines is 1. The zero-order chi connectivity index (χ0) is 24.1. The summed E-state index contributed by atoms with van der Waals surface area (Å²) >= 11 is 0. The predicted molar refractivity (Wildman–Crippen MR) is 128 cm³/mol. The summed E-state index contributed by atoms with van der Waals surface area (Å²) in [6.45, 7) is 6.01. The fraction of sp³-hybridized carbons (Fsp3) is 0.280.